The summed E-state index contributed by atoms with van der Waals surface area (Å²) in [6, 6.07) is 5.69. The highest BCUT2D eigenvalue weighted by Crippen LogP contribution is 2.31. The Morgan fingerprint density at radius 1 is 1.53 bits per heavy atom. The third-order valence-electron chi connectivity index (χ3n) is 2.90. The Hall–Kier alpha value is -1.06. The van der Waals surface area contributed by atoms with Crippen LogP contribution in [0, 0.1) is 0 Å². The molecule has 3 heteroatoms. The summed E-state index contributed by atoms with van der Waals surface area (Å²) in [6.07, 6.45) is 1.24. The number of nitrogens with two attached hydrogens (primary N) is 1. The van der Waals surface area contributed by atoms with Gasteiger partial charge in [0.25, 0.3) is 0 Å². The summed E-state index contributed by atoms with van der Waals surface area (Å²) in [6.45, 7) is 2.63. The fourth-order valence-corrected chi connectivity index (χ4v) is 2.05. The van der Waals surface area contributed by atoms with E-state index in [4.69, 9.17) is 10.5 Å². The van der Waals surface area contributed by atoms with E-state index >= 15 is 0 Å². The molecule has 0 heterocycles. The molecule has 0 fully saturated rings. The Labute approximate surface area is 89.9 Å². The second kappa shape index (κ2) is 4.21. The topological polar surface area (TPSA) is 55.5 Å². The first-order chi connectivity index (χ1) is 7.22. The molecule has 1 aliphatic rings. The lowest BCUT2D eigenvalue weighted by atomic mass is 9.86. The smallest absolute Gasteiger partial charge is 0.119 e. The van der Waals surface area contributed by atoms with Crippen LogP contribution >= 0.6 is 0 Å². The minimum atomic E-state index is -0.524. The van der Waals surface area contributed by atoms with Crippen LogP contribution in [0.15, 0.2) is 18.2 Å². The van der Waals surface area contributed by atoms with Gasteiger partial charge in [-0.15, -0.1) is 0 Å². The number of aliphatic hydroxyl groups is 1. The van der Waals surface area contributed by atoms with Gasteiger partial charge in [0, 0.05) is 6.04 Å². The first-order valence-electron chi connectivity index (χ1n) is 5.41. The Balaban J connectivity index is 2.30. The summed E-state index contributed by atoms with van der Waals surface area (Å²) in [5, 5.41) is 9.88. The van der Waals surface area contributed by atoms with Crippen molar-refractivity contribution in [3.05, 3.63) is 29.3 Å². The molecule has 2 atom stereocenters. The number of aryl methyl sites for hydroxylation is 1. The van der Waals surface area contributed by atoms with Crippen LogP contribution in [0.25, 0.3) is 0 Å². The molecule has 82 valence electrons. The first kappa shape index (κ1) is 10.5. The molecule has 1 aliphatic carbocycles. The van der Waals surface area contributed by atoms with Gasteiger partial charge in [0.05, 0.1) is 12.7 Å². The normalized spacial score (nSPS) is 24.7. The van der Waals surface area contributed by atoms with E-state index in [1.807, 2.05) is 25.1 Å². The minimum absolute atomic E-state index is 0.129. The van der Waals surface area contributed by atoms with Crippen LogP contribution in [0.1, 0.15) is 30.6 Å². The first-order valence-corrected chi connectivity index (χ1v) is 5.41. The Morgan fingerprint density at radius 2 is 2.33 bits per heavy atom. The molecule has 0 saturated heterocycles. The van der Waals surface area contributed by atoms with Crippen molar-refractivity contribution in [2.75, 3.05) is 6.61 Å². The predicted molar refractivity (Wildman–Crippen MR) is 58.9 cm³/mol. The zero-order valence-corrected chi connectivity index (χ0v) is 8.94. The van der Waals surface area contributed by atoms with E-state index in [0.29, 0.717) is 6.61 Å². The minimum Gasteiger partial charge on any atom is -0.494 e. The van der Waals surface area contributed by atoms with Gasteiger partial charge >= 0.3 is 0 Å². The van der Waals surface area contributed by atoms with Crippen molar-refractivity contribution in [3.63, 3.8) is 0 Å². The summed E-state index contributed by atoms with van der Waals surface area (Å²) >= 11 is 0. The van der Waals surface area contributed by atoms with Crippen LogP contribution in [-0.4, -0.2) is 17.8 Å². The summed E-state index contributed by atoms with van der Waals surface area (Å²) in [5.41, 5.74) is 7.93. The molecule has 15 heavy (non-hydrogen) atoms. The maximum Gasteiger partial charge on any atom is 0.119 e. The number of rotatable bonds is 2. The number of aliphatic hydroxyl groups excluding tert-OH is 1. The highest BCUT2D eigenvalue weighted by atomic mass is 16.5. The van der Waals surface area contributed by atoms with E-state index in [0.717, 1.165) is 29.7 Å². The fraction of sp³-hybridized carbons (Fsp3) is 0.500. The molecule has 1 aromatic rings. The Bertz CT molecular complexity index is 351. The summed E-state index contributed by atoms with van der Waals surface area (Å²) in [5.74, 6) is 0.874. The van der Waals surface area contributed by atoms with Crippen molar-refractivity contribution in [2.24, 2.45) is 5.73 Å². The van der Waals surface area contributed by atoms with Crippen LogP contribution in [0.4, 0.5) is 0 Å². The SMILES string of the molecule is CCOc1ccc2c(c1)CC[C@H](N)[C@H]2O. The van der Waals surface area contributed by atoms with Crippen molar-refractivity contribution in [3.8, 4) is 5.75 Å². The average molecular weight is 207 g/mol. The van der Waals surface area contributed by atoms with Gasteiger partial charge in [-0.2, -0.15) is 0 Å². The molecule has 0 spiro atoms. The molecule has 0 unspecified atom stereocenters. The van der Waals surface area contributed by atoms with Gasteiger partial charge < -0.3 is 15.6 Å². The summed E-state index contributed by atoms with van der Waals surface area (Å²) in [4.78, 5) is 0. The van der Waals surface area contributed by atoms with E-state index < -0.39 is 6.10 Å². The summed E-state index contributed by atoms with van der Waals surface area (Å²) < 4.78 is 5.42. The molecule has 3 nitrogen and oxygen atoms in total. The Morgan fingerprint density at radius 3 is 3.07 bits per heavy atom. The van der Waals surface area contributed by atoms with Crippen LogP contribution in [0.5, 0.6) is 5.75 Å². The maximum atomic E-state index is 9.88. The fourth-order valence-electron chi connectivity index (χ4n) is 2.05. The highest BCUT2D eigenvalue weighted by molar-refractivity contribution is 5.39. The van der Waals surface area contributed by atoms with E-state index in [2.05, 4.69) is 0 Å². The van der Waals surface area contributed by atoms with Crippen molar-refractivity contribution in [2.45, 2.75) is 31.9 Å². The zero-order valence-electron chi connectivity index (χ0n) is 8.94. The Kier molecular flexibility index (Phi) is 2.93. The highest BCUT2D eigenvalue weighted by Gasteiger charge is 2.24. The lowest BCUT2D eigenvalue weighted by molar-refractivity contribution is 0.133. The number of hydrogen-bond donors (Lipinski definition) is 2. The largest absolute Gasteiger partial charge is 0.494 e. The molecule has 0 radical (unpaired) electrons. The molecular formula is C12H17NO2. The number of hydrogen-bond acceptors (Lipinski definition) is 3. The molecule has 0 amide bonds. The molecule has 0 bridgehead atoms. The van der Waals surface area contributed by atoms with E-state index in [9.17, 15) is 5.11 Å². The summed E-state index contributed by atoms with van der Waals surface area (Å²) in [7, 11) is 0. The van der Waals surface area contributed by atoms with Gasteiger partial charge in [-0.05, 0) is 43.0 Å². The number of benzene rings is 1. The van der Waals surface area contributed by atoms with Crippen LogP contribution in [0.2, 0.25) is 0 Å². The molecule has 1 aromatic carbocycles. The van der Waals surface area contributed by atoms with Crippen molar-refractivity contribution < 1.29 is 9.84 Å². The molecule has 0 aromatic heterocycles. The lowest BCUT2D eigenvalue weighted by Gasteiger charge is -2.27. The zero-order chi connectivity index (χ0) is 10.8. The molecule has 0 aliphatic heterocycles. The van der Waals surface area contributed by atoms with E-state index in [1.54, 1.807) is 0 Å². The van der Waals surface area contributed by atoms with Crippen LogP contribution < -0.4 is 10.5 Å². The average Bonchev–Trinajstić information content (AvgIpc) is 2.24. The van der Waals surface area contributed by atoms with E-state index in [1.165, 1.54) is 0 Å². The third-order valence-corrected chi connectivity index (χ3v) is 2.90. The maximum absolute atomic E-state index is 9.88. The second-order valence-corrected chi connectivity index (χ2v) is 3.94. The molecule has 2 rings (SSSR count). The van der Waals surface area contributed by atoms with Gasteiger partial charge in [-0.25, -0.2) is 0 Å². The molecular weight excluding hydrogens is 190 g/mol. The lowest BCUT2D eigenvalue weighted by Crippen LogP contribution is -2.32. The molecule has 0 saturated carbocycles. The van der Waals surface area contributed by atoms with Crippen LogP contribution in [-0.2, 0) is 6.42 Å². The van der Waals surface area contributed by atoms with Gasteiger partial charge in [-0.3, -0.25) is 0 Å². The predicted octanol–water partition coefficient (Wildman–Crippen LogP) is 1.39. The van der Waals surface area contributed by atoms with Gasteiger partial charge in [0.15, 0.2) is 0 Å². The van der Waals surface area contributed by atoms with Gasteiger partial charge in [0.2, 0.25) is 0 Å². The van der Waals surface area contributed by atoms with Crippen molar-refractivity contribution in [1.82, 2.24) is 0 Å². The van der Waals surface area contributed by atoms with Crippen molar-refractivity contribution in [1.29, 1.82) is 0 Å². The number of fused-ring (bicyclic) bond motifs is 1. The second-order valence-electron chi connectivity index (χ2n) is 3.94. The van der Waals surface area contributed by atoms with Gasteiger partial charge in [-0.1, -0.05) is 6.07 Å². The third kappa shape index (κ3) is 1.98. The van der Waals surface area contributed by atoms with Gasteiger partial charge in [0.1, 0.15) is 5.75 Å². The quantitative estimate of drug-likeness (QED) is 0.770. The monoisotopic (exact) mass is 207 g/mol. The van der Waals surface area contributed by atoms with Crippen molar-refractivity contribution >= 4 is 0 Å². The van der Waals surface area contributed by atoms with E-state index in [-0.39, 0.29) is 6.04 Å². The molecule has 3 N–H and O–H groups in total. The van der Waals surface area contributed by atoms with Crippen LogP contribution in [0.3, 0.4) is 0 Å². The standard InChI is InChI=1S/C12H17NO2/c1-2-15-9-4-5-10-8(7-9)3-6-11(13)12(10)14/h4-5,7,11-12,14H,2-3,6,13H2,1H3/t11-,12-/m0/s1. The number of ether oxygens (including phenoxy) is 1.